The molecule has 0 spiro atoms. The van der Waals surface area contributed by atoms with Crippen molar-refractivity contribution in [2.45, 2.75) is 13.2 Å². The van der Waals surface area contributed by atoms with Crippen LogP contribution >= 0.6 is 0 Å². The van der Waals surface area contributed by atoms with E-state index in [2.05, 4.69) is 10.3 Å². The van der Waals surface area contributed by atoms with Gasteiger partial charge in [-0.3, -0.25) is 5.32 Å². The minimum atomic E-state index is -0.890. The molecule has 0 saturated carbocycles. The van der Waals surface area contributed by atoms with Crippen molar-refractivity contribution in [3.05, 3.63) is 96.3 Å². The molecule has 40 heavy (non-hydrogen) atoms. The highest BCUT2D eigenvalue weighted by molar-refractivity contribution is 5.84. The number of anilines is 1. The number of carbonyl (C=O) groups is 1. The number of amides is 1. The smallest absolute Gasteiger partial charge is 0.411 e. The van der Waals surface area contributed by atoms with Crippen molar-refractivity contribution in [3.8, 4) is 22.5 Å². The Balaban J connectivity index is 1.12. The molecule has 1 aliphatic heterocycles. The molecule has 0 aliphatic carbocycles. The largest absolute Gasteiger partial charge is 0.447 e. The van der Waals surface area contributed by atoms with Crippen LogP contribution in [0.5, 0.6) is 0 Å². The SMILES string of the molecule is CC1(COCCOC(=O)Nc2ccc(F)cc2F)COC(c2nc(-c3ccccc3)c(-c3ccccc3)[nH]2)OC1. The third-order valence-corrected chi connectivity index (χ3v) is 6.30. The Bertz CT molecular complexity index is 1370. The molecule has 1 amide bonds. The summed E-state index contributed by atoms with van der Waals surface area (Å²) in [5, 5.41) is 2.22. The fourth-order valence-electron chi connectivity index (χ4n) is 4.26. The number of ether oxygens (including phenoxy) is 4. The number of aromatic amines is 1. The third kappa shape index (κ3) is 6.71. The zero-order valence-corrected chi connectivity index (χ0v) is 21.9. The van der Waals surface area contributed by atoms with Crippen LogP contribution in [-0.4, -0.2) is 49.1 Å². The molecule has 208 valence electrons. The molecule has 0 atom stereocenters. The monoisotopic (exact) mass is 549 g/mol. The molecule has 1 aliphatic rings. The van der Waals surface area contributed by atoms with Crippen molar-refractivity contribution in [2.75, 3.05) is 38.4 Å². The molecule has 4 aromatic rings. The number of aromatic nitrogens is 2. The topological polar surface area (TPSA) is 94.7 Å². The number of hydrogen-bond acceptors (Lipinski definition) is 6. The first-order valence-electron chi connectivity index (χ1n) is 12.8. The number of halogens is 2. The van der Waals surface area contributed by atoms with Gasteiger partial charge in [0, 0.05) is 22.6 Å². The molecule has 5 rings (SSSR count). The van der Waals surface area contributed by atoms with Crippen LogP contribution in [0.1, 0.15) is 19.0 Å². The van der Waals surface area contributed by atoms with Crippen LogP contribution in [0.15, 0.2) is 78.9 Å². The molecular weight excluding hydrogens is 520 g/mol. The molecule has 0 radical (unpaired) electrons. The minimum Gasteiger partial charge on any atom is -0.447 e. The molecule has 10 heteroatoms. The van der Waals surface area contributed by atoms with E-state index in [9.17, 15) is 13.6 Å². The second-order valence-electron chi connectivity index (χ2n) is 9.78. The highest BCUT2D eigenvalue weighted by Gasteiger charge is 2.35. The summed E-state index contributed by atoms with van der Waals surface area (Å²) in [5.74, 6) is -1.05. The molecule has 1 aromatic heterocycles. The number of rotatable bonds is 9. The van der Waals surface area contributed by atoms with E-state index in [1.807, 2.05) is 67.6 Å². The van der Waals surface area contributed by atoms with E-state index in [-0.39, 0.29) is 18.9 Å². The fourth-order valence-corrected chi connectivity index (χ4v) is 4.26. The molecule has 1 saturated heterocycles. The van der Waals surface area contributed by atoms with Crippen molar-refractivity contribution in [1.82, 2.24) is 9.97 Å². The van der Waals surface area contributed by atoms with Gasteiger partial charge in [-0.1, -0.05) is 67.6 Å². The van der Waals surface area contributed by atoms with E-state index in [4.69, 9.17) is 23.9 Å². The maximum atomic E-state index is 13.6. The number of imidazole rings is 1. The lowest BCUT2D eigenvalue weighted by molar-refractivity contribution is -0.242. The summed E-state index contributed by atoms with van der Waals surface area (Å²) in [4.78, 5) is 20.1. The van der Waals surface area contributed by atoms with E-state index >= 15 is 0 Å². The molecule has 2 heterocycles. The summed E-state index contributed by atoms with van der Waals surface area (Å²) in [6, 6.07) is 22.7. The van der Waals surface area contributed by atoms with Gasteiger partial charge in [0.1, 0.15) is 18.2 Å². The summed E-state index contributed by atoms with van der Waals surface area (Å²) in [6.07, 6.45) is -1.53. The Morgan fingerprint density at radius 3 is 2.35 bits per heavy atom. The van der Waals surface area contributed by atoms with Gasteiger partial charge in [-0.05, 0) is 12.1 Å². The highest BCUT2D eigenvalue weighted by atomic mass is 19.1. The Morgan fingerprint density at radius 1 is 1.00 bits per heavy atom. The van der Waals surface area contributed by atoms with Gasteiger partial charge >= 0.3 is 6.09 Å². The Morgan fingerprint density at radius 2 is 1.68 bits per heavy atom. The van der Waals surface area contributed by atoms with Gasteiger partial charge in [0.25, 0.3) is 0 Å². The van der Waals surface area contributed by atoms with Crippen LogP contribution in [0, 0.1) is 17.0 Å². The van der Waals surface area contributed by atoms with Crippen molar-refractivity contribution in [3.63, 3.8) is 0 Å². The molecule has 0 unspecified atom stereocenters. The molecule has 0 bridgehead atoms. The summed E-state index contributed by atoms with van der Waals surface area (Å²) >= 11 is 0. The molecule has 2 N–H and O–H groups in total. The normalized spacial score (nSPS) is 18.8. The third-order valence-electron chi connectivity index (χ3n) is 6.30. The lowest BCUT2D eigenvalue weighted by Crippen LogP contribution is -2.40. The Labute approximate surface area is 230 Å². The summed E-state index contributed by atoms with van der Waals surface area (Å²) in [6.45, 7) is 3.08. The quantitative estimate of drug-likeness (QED) is 0.237. The molecule has 3 aromatic carbocycles. The van der Waals surface area contributed by atoms with Gasteiger partial charge in [0.05, 0.1) is 43.5 Å². The predicted octanol–water partition coefficient (Wildman–Crippen LogP) is 6.34. The van der Waals surface area contributed by atoms with Crippen molar-refractivity contribution >= 4 is 11.8 Å². The maximum Gasteiger partial charge on any atom is 0.411 e. The standard InChI is InChI=1S/C30H29F2N3O5/c1-30(17-37-14-15-38-29(36)33-24-13-12-22(31)16-23(24)32)18-39-28(40-19-30)27-34-25(20-8-4-2-5-9-20)26(35-27)21-10-6-3-7-11-21/h2-13,16,28H,14-15,17-19H2,1H3,(H,33,36)(H,34,35). The van der Waals surface area contributed by atoms with Crippen molar-refractivity contribution in [1.29, 1.82) is 0 Å². The van der Waals surface area contributed by atoms with Crippen LogP contribution in [0.3, 0.4) is 0 Å². The van der Waals surface area contributed by atoms with E-state index in [1.165, 1.54) is 0 Å². The average Bonchev–Trinajstić information content (AvgIpc) is 3.41. The van der Waals surface area contributed by atoms with Gasteiger partial charge in [-0.25, -0.2) is 18.6 Å². The van der Waals surface area contributed by atoms with Gasteiger partial charge in [-0.2, -0.15) is 0 Å². The fraction of sp³-hybridized carbons (Fsp3) is 0.267. The van der Waals surface area contributed by atoms with E-state index < -0.39 is 29.4 Å². The number of benzene rings is 3. The average molecular weight is 550 g/mol. The van der Waals surface area contributed by atoms with Gasteiger partial charge in [0.2, 0.25) is 6.29 Å². The van der Waals surface area contributed by atoms with Crippen LogP contribution in [-0.2, 0) is 18.9 Å². The predicted molar refractivity (Wildman–Crippen MR) is 144 cm³/mol. The van der Waals surface area contributed by atoms with Crippen molar-refractivity contribution < 1.29 is 32.5 Å². The Kier molecular flexibility index (Phi) is 8.49. The van der Waals surface area contributed by atoms with Gasteiger partial charge < -0.3 is 23.9 Å². The zero-order valence-electron chi connectivity index (χ0n) is 21.9. The van der Waals surface area contributed by atoms with Gasteiger partial charge in [-0.15, -0.1) is 0 Å². The second-order valence-corrected chi connectivity index (χ2v) is 9.78. The van der Waals surface area contributed by atoms with Crippen LogP contribution < -0.4 is 5.32 Å². The van der Waals surface area contributed by atoms with Crippen LogP contribution in [0.4, 0.5) is 19.3 Å². The van der Waals surface area contributed by atoms with E-state index in [0.717, 1.165) is 34.6 Å². The number of carbonyl (C=O) groups excluding carboxylic acids is 1. The first kappa shape index (κ1) is 27.4. The van der Waals surface area contributed by atoms with Gasteiger partial charge in [0.15, 0.2) is 5.82 Å². The lowest BCUT2D eigenvalue weighted by atomic mass is 9.93. The highest BCUT2D eigenvalue weighted by Crippen LogP contribution is 2.35. The molecular formula is C30H29F2N3O5. The first-order valence-corrected chi connectivity index (χ1v) is 12.8. The maximum absolute atomic E-state index is 13.6. The van der Waals surface area contributed by atoms with E-state index in [1.54, 1.807) is 0 Å². The first-order chi connectivity index (χ1) is 19.4. The summed E-state index contributed by atoms with van der Waals surface area (Å²) in [5.41, 5.74) is 3.10. The Hall–Kier alpha value is -4.12. The summed E-state index contributed by atoms with van der Waals surface area (Å²) < 4.78 is 49.4. The minimum absolute atomic E-state index is 0.0496. The van der Waals surface area contributed by atoms with Crippen molar-refractivity contribution in [2.24, 2.45) is 5.41 Å². The van der Waals surface area contributed by atoms with Crippen LogP contribution in [0.2, 0.25) is 0 Å². The second kappa shape index (κ2) is 12.4. The molecule has 8 nitrogen and oxygen atoms in total. The van der Waals surface area contributed by atoms with Crippen LogP contribution in [0.25, 0.3) is 22.5 Å². The number of hydrogen-bond donors (Lipinski definition) is 2. The molecule has 1 fully saturated rings. The summed E-state index contributed by atoms with van der Waals surface area (Å²) in [7, 11) is 0. The number of nitrogens with one attached hydrogen (secondary N) is 2. The zero-order chi connectivity index (χ0) is 28.0. The lowest BCUT2D eigenvalue weighted by Gasteiger charge is -2.36. The number of H-pyrrole nitrogens is 1. The van der Waals surface area contributed by atoms with E-state index in [0.29, 0.717) is 31.7 Å². The number of nitrogens with zero attached hydrogens (tertiary/aromatic N) is 1.